The van der Waals surface area contributed by atoms with E-state index in [1.165, 1.54) is 0 Å². The van der Waals surface area contributed by atoms with Gasteiger partial charge in [0.25, 0.3) is 0 Å². The topological polar surface area (TPSA) is 26.0 Å². The van der Waals surface area contributed by atoms with Crippen molar-refractivity contribution < 1.29 is 4.42 Å². The van der Waals surface area contributed by atoms with Crippen molar-refractivity contribution in [1.29, 1.82) is 0 Å². The van der Waals surface area contributed by atoms with Crippen LogP contribution in [-0.4, -0.2) is 4.98 Å². The SMILES string of the molecule is Brc1cccc2oc3ncccc3c12. The van der Waals surface area contributed by atoms with E-state index in [0.29, 0.717) is 5.71 Å². The van der Waals surface area contributed by atoms with Crippen LogP contribution in [0.5, 0.6) is 0 Å². The molecular formula is C11H6BrNO. The summed E-state index contributed by atoms with van der Waals surface area (Å²) >= 11 is 3.51. The van der Waals surface area contributed by atoms with Crippen molar-refractivity contribution in [2.75, 3.05) is 0 Å². The molecule has 0 amide bonds. The van der Waals surface area contributed by atoms with Crippen LogP contribution in [0.2, 0.25) is 0 Å². The zero-order valence-electron chi connectivity index (χ0n) is 7.20. The Bertz CT molecular complexity index is 615. The minimum atomic E-state index is 0.689. The van der Waals surface area contributed by atoms with E-state index < -0.39 is 0 Å². The summed E-state index contributed by atoms with van der Waals surface area (Å²) in [5, 5.41) is 2.14. The Labute approximate surface area is 88.7 Å². The highest BCUT2D eigenvalue weighted by atomic mass is 79.9. The van der Waals surface area contributed by atoms with E-state index >= 15 is 0 Å². The highest BCUT2D eigenvalue weighted by Crippen LogP contribution is 2.32. The van der Waals surface area contributed by atoms with Crippen molar-refractivity contribution in [1.82, 2.24) is 4.98 Å². The molecule has 0 aliphatic heterocycles. The lowest BCUT2D eigenvalue weighted by Gasteiger charge is -1.91. The monoisotopic (exact) mass is 247 g/mol. The van der Waals surface area contributed by atoms with Gasteiger partial charge in [-0.3, -0.25) is 0 Å². The van der Waals surface area contributed by atoms with E-state index in [1.807, 2.05) is 30.3 Å². The number of aromatic nitrogens is 1. The fourth-order valence-electron chi connectivity index (χ4n) is 1.62. The van der Waals surface area contributed by atoms with Crippen LogP contribution in [0.3, 0.4) is 0 Å². The van der Waals surface area contributed by atoms with Gasteiger partial charge in [0.1, 0.15) is 5.58 Å². The number of rotatable bonds is 0. The number of hydrogen-bond donors (Lipinski definition) is 0. The van der Waals surface area contributed by atoms with Crippen molar-refractivity contribution in [3.8, 4) is 0 Å². The quantitative estimate of drug-likeness (QED) is 0.605. The van der Waals surface area contributed by atoms with Crippen LogP contribution in [0.1, 0.15) is 0 Å². The van der Waals surface area contributed by atoms with E-state index in [2.05, 4.69) is 20.9 Å². The molecule has 0 N–H and O–H groups in total. The van der Waals surface area contributed by atoms with Crippen molar-refractivity contribution in [2.24, 2.45) is 0 Å². The van der Waals surface area contributed by atoms with E-state index in [9.17, 15) is 0 Å². The first-order valence-electron chi connectivity index (χ1n) is 4.28. The highest BCUT2D eigenvalue weighted by Gasteiger charge is 2.08. The fraction of sp³-hybridized carbons (Fsp3) is 0. The molecule has 0 aliphatic carbocycles. The van der Waals surface area contributed by atoms with Gasteiger partial charge in [-0.25, -0.2) is 4.98 Å². The number of halogens is 1. The Morgan fingerprint density at radius 3 is 3.00 bits per heavy atom. The van der Waals surface area contributed by atoms with Gasteiger partial charge in [0.05, 0.1) is 0 Å². The summed E-state index contributed by atoms with van der Waals surface area (Å²) in [4.78, 5) is 4.17. The van der Waals surface area contributed by atoms with Crippen LogP contribution in [0.4, 0.5) is 0 Å². The maximum absolute atomic E-state index is 5.59. The molecule has 1 aromatic carbocycles. The van der Waals surface area contributed by atoms with Crippen LogP contribution < -0.4 is 0 Å². The van der Waals surface area contributed by atoms with Gasteiger partial charge < -0.3 is 4.42 Å². The summed E-state index contributed by atoms with van der Waals surface area (Å²) in [6, 6.07) is 9.83. The number of pyridine rings is 1. The fourth-order valence-corrected chi connectivity index (χ4v) is 2.18. The maximum Gasteiger partial charge on any atom is 0.227 e. The number of benzene rings is 1. The van der Waals surface area contributed by atoms with Crippen molar-refractivity contribution in [3.63, 3.8) is 0 Å². The maximum atomic E-state index is 5.59. The lowest BCUT2D eigenvalue weighted by molar-refractivity contribution is 0.654. The Hall–Kier alpha value is -1.35. The molecule has 68 valence electrons. The first-order valence-corrected chi connectivity index (χ1v) is 5.07. The highest BCUT2D eigenvalue weighted by molar-refractivity contribution is 9.10. The second-order valence-corrected chi connectivity index (χ2v) is 3.93. The van der Waals surface area contributed by atoms with Gasteiger partial charge in [0.15, 0.2) is 0 Å². The lowest BCUT2D eigenvalue weighted by Crippen LogP contribution is -1.70. The molecule has 3 rings (SSSR count). The minimum absolute atomic E-state index is 0.689. The van der Waals surface area contributed by atoms with Crippen LogP contribution >= 0.6 is 15.9 Å². The van der Waals surface area contributed by atoms with Crippen molar-refractivity contribution in [3.05, 3.63) is 41.0 Å². The summed E-state index contributed by atoms with van der Waals surface area (Å²) in [6.45, 7) is 0. The zero-order valence-corrected chi connectivity index (χ0v) is 8.78. The van der Waals surface area contributed by atoms with Gasteiger partial charge in [-0.2, -0.15) is 0 Å². The molecular weight excluding hydrogens is 242 g/mol. The lowest BCUT2D eigenvalue weighted by atomic mass is 10.2. The smallest absolute Gasteiger partial charge is 0.227 e. The van der Waals surface area contributed by atoms with Gasteiger partial charge >= 0.3 is 0 Å². The van der Waals surface area contributed by atoms with Crippen LogP contribution in [0.15, 0.2) is 45.4 Å². The molecule has 3 heteroatoms. The summed E-state index contributed by atoms with van der Waals surface area (Å²) in [6.07, 6.45) is 1.73. The molecule has 0 bridgehead atoms. The Morgan fingerprint density at radius 1 is 1.14 bits per heavy atom. The predicted molar refractivity (Wildman–Crippen MR) is 59.2 cm³/mol. The van der Waals surface area contributed by atoms with Crippen molar-refractivity contribution >= 4 is 38.0 Å². The third-order valence-corrected chi connectivity index (χ3v) is 2.88. The molecule has 2 nitrogen and oxygen atoms in total. The minimum Gasteiger partial charge on any atom is -0.438 e. The summed E-state index contributed by atoms with van der Waals surface area (Å²) in [7, 11) is 0. The van der Waals surface area contributed by atoms with Gasteiger partial charge in [0, 0.05) is 21.4 Å². The van der Waals surface area contributed by atoms with E-state index in [0.717, 1.165) is 20.8 Å². The number of fused-ring (bicyclic) bond motifs is 3. The molecule has 2 heterocycles. The molecule has 0 saturated heterocycles. The van der Waals surface area contributed by atoms with E-state index in [-0.39, 0.29) is 0 Å². The Kier molecular flexibility index (Phi) is 1.61. The Balaban J connectivity index is 2.65. The number of hydrogen-bond acceptors (Lipinski definition) is 2. The molecule has 14 heavy (non-hydrogen) atoms. The summed E-state index contributed by atoms with van der Waals surface area (Å²) < 4.78 is 6.64. The molecule has 0 unspecified atom stereocenters. The molecule has 0 saturated carbocycles. The van der Waals surface area contributed by atoms with Crippen LogP contribution in [-0.2, 0) is 0 Å². The molecule has 0 aliphatic rings. The average Bonchev–Trinajstić information content (AvgIpc) is 2.57. The zero-order chi connectivity index (χ0) is 9.54. The first-order chi connectivity index (χ1) is 6.86. The van der Waals surface area contributed by atoms with Crippen molar-refractivity contribution in [2.45, 2.75) is 0 Å². The van der Waals surface area contributed by atoms with Gasteiger partial charge in [0.2, 0.25) is 5.71 Å². The largest absolute Gasteiger partial charge is 0.438 e. The van der Waals surface area contributed by atoms with Gasteiger partial charge in [-0.05, 0) is 24.3 Å². The third-order valence-electron chi connectivity index (χ3n) is 2.22. The van der Waals surface area contributed by atoms with E-state index in [1.54, 1.807) is 6.20 Å². The molecule has 0 fully saturated rings. The van der Waals surface area contributed by atoms with Crippen LogP contribution in [0, 0.1) is 0 Å². The Morgan fingerprint density at radius 2 is 2.07 bits per heavy atom. The second kappa shape index (κ2) is 2.82. The van der Waals surface area contributed by atoms with Gasteiger partial charge in [-0.1, -0.05) is 22.0 Å². The normalized spacial score (nSPS) is 11.2. The third kappa shape index (κ3) is 0.990. The predicted octanol–water partition coefficient (Wildman–Crippen LogP) is 3.74. The summed E-state index contributed by atoms with van der Waals surface area (Å²) in [5.74, 6) is 0. The molecule has 3 aromatic rings. The van der Waals surface area contributed by atoms with Gasteiger partial charge in [-0.15, -0.1) is 0 Å². The first kappa shape index (κ1) is 8.00. The standard InChI is InChI=1S/C11H6BrNO/c12-8-4-1-5-9-10(8)7-3-2-6-13-11(7)14-9/h1-6H. The number of furan rings is 1. The molecule has 0 radical (unpaired) electrons. The second-order valence-electron chi connectivity index (χ2n) is 3.07. The number of nitrogens with zero attached hydrogens (tertiary/aromatic N) is 1. The molecule has 0 atom stereocenters. The summed E-state index contributed by atoms with van der Waals surface area (Å²) in [5.41, 5.74) is 1.56. The van der Waals surface area contributed by atoms with E-state index in [4.69, 9.17) is 4.42 Å². The average molecular weight is 248 g/mol. The molecule has 2 aromatic heterocycles. The van der Waals surface area contributed by atoms with Crippen LogP contribution in [0.25, 0.3) is 22.1 Å². The molecule has 0 spiro atoms.